The molecule has 0 unspecified atom stereocenters. The van der Waals surface area contributed by atoms with Crippen LogP contribution in [0.2, 0.25) is 0 Å². The number of H-pyrrole nitrogens is 1. The number of aromatic amines is 1. The van der Waals surface area contributed by atoms with Gasteiger partial charge in [-0.15, -0.1) is 0 Å². The summed E-state index contributed by atoms with van der Waals surface area (Å²) in [6, 6.07) is 5.47. The molecule has 1 aromatic carbocycles. The summed E-state index contributed by atoms with van der Waals surface area (Å²) in [6.45, 7) is 1.93. The zero-order valence-corrected chi connectivity index (χ0v) is 17.5. The van der Waals surface area contributed by atoms with Gasteiger partial charge in [0, 0.05) is 55.9 Å². The number of carbonyl (C=O) groups excluding carboxylic acids is 1. The highest BCUT2D eigenvalue weighted by Gasteiger charge is 2.17. The summed E-state index contributed by atoms with van der Waals surface area (Å²) < 4.78 is 7.29. The van der Waals surface area contributed by atoms with Crippen LogP contribution in [0.25, 0.3) is 22.2 Å². The fraction of sp³-hybridized carbons (Fsp3) is 0.238. The van der Waals surface area contributed by atoms with Gasteiger partial charge in [-0.3, -0.25) is 9.48 Å². The van der Waals surface area contributed by atoms with E-state index in [-0.39, 0.29) is 5.91 Å². The van der Waals surface area contributed by atoms with Gasteiger partial charge in [-0.1, -0.05) is 0 Å². The van der Waals surface area contributed by atoms with Crippen LogP contribution in [0, 0.1) is 6.92 Å². The first-order valence-corrected chi connectivity index (χ1v) is 9.39. The number of hydrogen-bond donors (Lipinski definition) is 2. The molecule has 3 heterocycles. The maximum absolute atomic E-state index is 12.2. The van der Waals surface area contributed by atoms with E-state index in [2.05, 4.69) is 25.4 Å². The van der Waals surface area contributed by atoms with E-state index in [9.17, 15) is 4.79 Å². The molecule has 3 aromatic heterocycles. The number of rotatable bonds is 5. The highest BCUT2D eigenvalue weighted by atomic mass is 16.5. The number of hydrogen-bond acceptors (Lipinski definition) is 6. The van der Waals surface area contributed by atoms with Crippen LogP contribution in [0.4, 0.5) is 11.6 Å². The van der Waals surface area contributed by atoms with Crippen molar-refractivity contribution in [2.75, 3.05) is 26.5 Å². The molecule has 0 saturated carbocycles. The summed E-state index contributed by atoms with van der Waals surface area (Å²) in [7, 11) is 6.91. The van der Waals surface area contributed by atoms with Gasteiger partial charge in [-0.2, -0.15) is 15.1 Å². The summed E-state index contributed by atoms with van der Waals surface area (Å²) in [5, 5.41) is 8.25. The Balaban J connectivity index is 1.70. The molecule has 9 heteroatoms. The van der Waals surface area contributed by atoms with Crippen molar-refractivity contribution in [3.63, 3.8) is 0 Å². The van der Waals surface area contributed by atoms with Crippen molar-refractivity contribution in [2.24, 2.45) is 7.05 Å². The molecule has 9 nitrogen and oxygen atoms in total. The number of carbonyl (C=O) groups is 1. The van der Waals surface area contributed by atoms with Gasteiger partial charge in [-0.25, -0.2) is 0 Å². The number of nitrogens with zero attached hydrogens (tertiary/aromatic N) is 5. The van der Waals surface area contributed by atoms with Crippen molar-refractivity contribution >= 4 is 28.6 Å². The molecule has 0 atom stereocenters. The lowest BCUT2D eigenvalue weighted by atomic mass is 10.1. The highest BCUT2D eigenvalue weighted by Crippen LogP contribution is 2.34. The molecule has 0 aliphatic rings. The number of anilines is 2. The number of fused-ring (bicyclic) bond motifs is 1. The summed E-state index contributed by atoms with van der Waals surface area (Å²) >= 11 is 0. The first kappa shape index (κ1) is 19.4. The normalized spacial score (nSPS) is 11.0. The van der Waals surface area contributed by atoms with Gasteiger partial charge in [0.15, 0.2) is 0 Å². The zero-order valence-electron chi connectivity index (χ0n) is 17.5. The van der Waals surface area contributed by atoms with Gasteiger partial charge in [0.1, 0.15) is 5.65 Å². The third-order valence-electron chi connectivity index (χ3n) is 4.83. The molecule has 1 amide bonds. The average Bonchev–Trinajstić information content (AvgIpc) is 3.34. The third kappa shape index (κ3) is 3.45. The molecular formula is C21H23N7O2. The topological polar surface area (TPSA) is 101 Å². The Labute approximate surface area is 173 Å². The van der Waals surface area contributed by atoms with Gasteiger partial charge in [-0.05, 0) is 30.7 Å². The molecule has 30 heavy (non-hydrogen) atoms. The van der Waals surface area contributed by atoms with Crippen LogP contribution in [0.15, 0.2) is 36.8 Å². The maximum atomic E-state index is 12.2. The molecule has 4 aromatic rings. The van der Waals surface area contributed by atoms with Crippen molar-refractivity contribution in [1.82, 2.24) is 29.6 Å². The van der Waals surface area contributed by atoms with Gasteiger partial charge < -0.3 is 19.9 Å². The number of aryl methyl sites for hydroxylation is 2. The summed E-state index contributed by atoms with van der Waals surface area (Å²) in [6.07, 6.45) is 5.58. The molecule has 0 saturated heterocycles. The minimum absolute atomic E-state index is 0.0432. The fourth-order valence-corrected chi connectivity index (χ4v) is 3.31. The molecule has 0 spiro atoms. The Morgan fingerprint density at radius 1 is 1.27 bits per heavy atom. The number of methoxy groups -OCH3 is 1. The predicted octanol–water partition coefficient (Wildman–Crippen LogP) is 3.12. The summed E-state index contributed by atoms with van der Waals surface area (Å²) in [5.41, 5.74) is 4.87. The molecule has 0 aliphatic heterocycles. The van der Waals surface area contributed by atoms with E-state index >= 15 is 0 Å². The summed E-state index contributed by atoms with van der Waals surface area (Å²) in [5.74, 6) is 0.812. The Morgan fingerprint density at radius 2 is 2.07 bits per heavy atom. The van der Waals surface area contributed by atoms with Crippen LogP contribution < -0.4 is 10.1 Å². The van der Waals surface area contributed by atoms with Gasteiger partial charge >= 0.3 is 0 Å². The van der Waals surface area contributed by atoms with Gasteiger partial charge in [0.05, 0.1) is 18.7 Å². The van der Waals surface area contributed by atoms with Crippen molar-refractivity contribution < 1.29 is 9.53 Å². The lowest BCUT2D eigenvalue weighted by molar-refractivity contribution is 0.0827. The van der Waals surface area contributed by atoms with Crippen molar-refractivity contribution in [3.05, 3.63) is 47.9 Å². The lowest BCUT2D eigenvalue weighted by Gasteiger charge is -2.13. The monoisotopic (exact) mass is 405 g/mol. The lowest BCUT2D eigenvalue weighted by Crippen LogP contribution is -2.21. The predicted molar refractivity (Wildman–Crippen MR) is 115 cm³/mol. The van der Waals surface area contributed by atoms with E-state index in [0.717, 1.165) is 27.8 Å². The van der Waals surface area contributed by atoms with Crippen molar-refractivity contribution in [3.8, 4) is 17.0 Å². The second-order valence-electron chi connectivity index (χ2n) is 7.24. The fourth-order valence-electron chi connectivity index (χ4n) is 3.31. The standard InChI is InChI=1S/C21H23N7O2/c1-12-8-13(20(29)27(2)3)6-7-16(12)24-21-25-18-17(19(26-21)30-5)15(10-22-18)14-9-23-28(4)11-14/h6-11H,1-5H3,(H2,22,24,25,26). The average molecular weight is 405 g/mol. The quantitative estimate of drug-likeness (QED) is 0.529. The molecule has 0 aliphatic carbocycles. The highest BCUT2D eigenvalue weighted by molar-refractivity contribution is 5.98. The van der Waals surface area contributed by atoms with Gasteiger partial charge in [0.25, 0.3) is 5.91 Å². The second-order valence-corrected chi connectivity index (χ2v) is 7.24. The minimum atomic E-state index is -0.0432. The van der Waals surface area contributed by atoms with E-state index in [0.29, 0.717) is 23.0 Å². The summed E-state index contributed by atoms with van der Waals surface area (Å²) in [4.78, 5) is 26.1. The van der Waals surface area contributed by atoms with Crippen LogP contribution >= 0.6 is 0 Å². The maximum Gasteiger partial charge on any atom is 0.253 e. The molecule has 0 fully saturated rings. The first-order chi connectivity index (χ1) is 14.4. The number of amides is 1. The van der Waals surface area contributed by atoms with Crippen LogP contribution in [0.5, 0.6) is 5.88 Å². The second kappa shape index (κ2) is 7.51. The van der Waals surface area contributed by atoms with Crippen LogP contribution in [-0.4, -0.2) is 56.7 Å². The SMILES string of the molecule is COc1nc(Nc2ccc(C(=O)N(C)C)cc2C)nc2[nH]cc(-c3cnn(C)c3)c12. The molecule has 0 bridgehead atoms. The van der Waals surface area contributed by atoms with Crippen molar-refractivity contribution in [2.45, 2.75) is 6.92 Å². The van der Waals surface area contributed by atoms with Crippen LogP contribution in [0.3, 0.4) is 0 Å². The first-order valence-electron chi connectivity index (χ1n) is 9.39. The Kier molecular flexibility index (Phi) is 4.86. The van der Waals surface area contributed by atoms with Crippen LogP contribution in [-0.2, 0) is 7.05 Å². The number of nitrogens with one attached hydrogen (secondary N) is 2. The van der Waals surface area contributed by atoms with Crippen molar-refractivity contribution in [1.29, 1.82) is 0 Å². The molecule has 2 N–H and O–H groups in total. The van der Waals surface area contributed by atoms with E-state index in [1.165, 1.54) is 0 Å². The smallest absolute Gasteiger partial charge is 0.253 e. The third-order valence-corrected chi connectivity index (χ3v) is 4.83. The molecular weight excluding hydrogens is 382 g/mol. The van der Waals surface area contributed by atoms with Crippen LogP contribution in [0.1, 0.15) is 15.9 Å². The number of ether oxygens (including phenoxy) is 1. The Hall–Kier alpha value is -3.88. The molecule has 4 rings (SSSR count). The number of aromatic nitrogens is 5. The molecule has 154 valence electrons. The number of benzene rings is 1. The van der Waals surface area contributed by atoms with E-state index < -0.39 is 0 Å². The zero-order chi connectivity index (χ0) is 21.4. The van der Waals surface area contributed by atoms with Gasteiger partial charge in [0.2, 0.25) is 11.8 Å². The largest absolute Gasteiger partial charge is 0.480 e. The minimum Gasteiger partial charge on any atom is -0.480 e. The Bertz CT molecular complexity index is 1240. The molecule has 0 radical (unpaired) electrons. The Morgan fingerprint density at radius 3 is 2.70 bits per heavy atom. The van der Waals surface area contributed by atoms with E-state index in [1.807, 2.05) is 38.5 Å². The van der Waals surface area contributed by atoms with E-state index in [1.54, 1.807) is 43.1 Å². The van der Waals surface area contributed by atoms with E-state index in [4.69, 9.17) is 4.74 Å².